The second kappa shape index (κ2) is 9.22. The molecule has 1 aromatic heterocycles. The fourth-order valence-corrected chi connectivity index (χ4v) is 1.44. The highest BCUT2D eigenvalue weighted by molar-refractivity contribution is 5.90. The number of aromatic nitrogens is 2. The van der Waals surface area contributed by atoms with Crippen LogP contribution in [0.5, 0.6) is 0 Å². The Kier molecular flexibility index (Phi) is 7.52. The molecule has 0 amide bonds. The van der Waals surface area contributed by atoms with E-state index in [9.17, 15) is 4.79 Å². The van der Waals surface area contributed by atoms with E-state index < -0.39 is 5.97 Å². The number of carbonyl (C=O) groups excluding carboxylic acids is 1. The van der Waals surface area contributed by atoms with Crippen LogP contribution in [-0.2, 0) is 14.2 Å². The minimum Gasteiger partial charge on any atom is -0.462 e. The summed E-state index contributed by atoms with van der Waals surface area (Å²) >= 11 is 0. The van der Waals surface area contributed by atoms with Gasteiger partial charge in [0.2, 0.25) is 5.95 Å². The zero-order valence-corrected chi connectivity index (χ0v) is 12.1. The Morgan fingerprint density at radius 1 is 1.35 bits per heavy atom. The molecule has 0 aliphatic rings. The van der Waals surface area contributed by atoms with Gasteiger partial charge in [0.1, 0.15) is 0 Å². The number of anilines is 1. The summed E-state index contributed by atoms with van der Waals surface area (Å²) < 4.78 is 15.1. The first-order chi connectivity index (χ1) is 9.69. The van der Waals surface area contributed by atoms with E-state index in [1.807, 2.05) is 0 Å². The summed E-state index contributed by atoms with van der Waals surface area (Å²) in [5.74, 6) is 0.0605. The van der Waals surface area contributed by atoms with Crippen LogP contribution in [0.3, 0.4) is 0 Å². The van der Waals surface area contributed by atoms with E-state index in [1.165, 1.54) is 6.20 Å². The number of methoxy groups -OCH3 is 1. The lowest BCUT2D eigenvalue weighted by atomic mass is 10.2. The van der Waals surface area contributed by atoms with Crippen LogP contribution in [0.15, 0.2) is 6.20 Å². The molecule has 0 radical (unpaired) electrons. The maximum Gasteiger partial charge on any atom is 0.341 e. The Balaban J connectivity index is 2.41. The highest BCUT2D eigenvalue weighted by Gasteiger charge is 2.12. The molecule has 0 fully saturated rings. The molecule has 0 saturated heterocycles. The van der Waals surface area contributed by atoms with Crippen LogP contribution >= 0.6 is 0 Å². The molecule has 1 rings (SSSR count). The fraction of sp³-hybridized carbons (Fsp3) is 0.615. The van der Waals surface area contributed by atoms with E-state index >= 15 is 0 Å². The van der Waals surface area contributed by atoms with Crippen molar-refractivity contribution >= 4 is 11.9 Å². The zero-order valence-electron chi connectivity index (χ0n) is 12.1. The number of rotatable bonds is 9. The third kappa shape index (κ3) is 5.50. The maximum atomic E-state index is 11.6. The predicted molar refractivity (Wildman–Crippen MR) is 73.9 cm³/mol. The van der Waals surface area contributed by atoms with Crippen molar-refractivity contribution in [3.63, 3.8) is 0 Å². The molecule has 20 heavy (non-hydrogen) atoms. The first-order valence-corrected chi connectivity index (χ1v) is 6.50. The van der Waals surface area contributed by atoms with E-state index in [0.717, 1.165) is 0 Å². The minimum absolute atomic E-state index is 0.330. The van der Waals surface area contributed by atoms with E-state index in [4.69, 9.17) is 14.2 Å². The normalized spacial score (nSPS) is 10.3. The molecule has 1 N–H and O–H groups in total. The molecule has 112 valence electrons. The second-order valence-corrected chi connectivity index (χ2v) is 3.95. The van der Waals surface area contributed by atoms with Gasteiger partial charge >= 0.3 is 5.97 Å². The molecule has 0 aliphatic carbocycles. The van der Waals surface area contributed by atoms with Gasteiger partial charge in [-0.25, -0.2) is 14.8 Å². The topological polar surface area (TPSA) is 82.6 Å². The number of nitrogens with one attached hydrogen (secondary N) is 1. The van der Waals surface area contributed by atoms with Gasteiger partial charge in [0, 0.05) is 19.9 Å². The van der Waals surface area contributed by atoms with Gasteiger partial charge in [-0.1, -0.05) is 0 Å². The summed E-state index contributed by atoms with van der Waals surface area (Å²) in [5.41, 5.74) is 0.968. The summed E-state index contributed by atoms with van der Waals surface area (Å²) in [6.45, 7) is 6.08. The number of aryl methyl sites for hydroxylation is 1. The lowest BCUT2D eigenvalue weighted by molar-refractivity contribution is 0.0524. The van der Waals surface area contributed by atoms with Gasteiger partial charge in [-0.15, -0.1) is 0 Å². The van der Waals surface area contributed by atoms with E-state index in [-0.39, 0.29) is 0 Å². The summed E-state index contributed by atoms with van der Waals surface area (Å²) in [5, 5.41) is 3.02. The molecule has 0 unspecified atom stereocenters. The number of hydrogen-bond acceptors (Lipinski definition) is 7. The van der Waals surface area contributed by atoms with Crippen LogP contribution in [0.2, 0.25) is 0 Å². The van der Waals surface area contributed by atoms with Gasteiger partial charge in [0.05, 0.1) is 37.7 Å². The number of hydrogen-bond donors (Lipinski definition) is 1. The molecule has 0 aliphatic heterocycles. The van der Waals surface area contributed by atoms with Crippen molar-refractivity contribution in [1.29, 1.82) is 0 Å². The molecule has 0 saturated carbocycles. The number of esters is 1. The van der Waals surface area contributed by atoms with Crippen molar-refractivity contribution in [3.05, 3.63) is 17.5 Å². The third-order valence-electron chi connectivity index (χ3n) is 2.44. The summed E-state index contributed by atoms with van der Waals surface area (Å²) in [4.78, 5) is 19.9. The van der Waals surface area contributed by atoms with Gasteiger partial charge in [-0.05, 0) is 13.8 Å². The van der Waals surface area contributed by atoms with Gasteiger partial charge in [-0.3, -0.25) is 0 Å². The predicted octanol–water partition coefficient (Wildman–Crippen LogP) is 1.04. The highest BCUT2D eigenvalue weighted by Crippen LogP contribution is 2.08. The van der Waals surface area contributed by atoms with E-state index in [0.29, 0.717) is 50.2 Å². The number of nitrogens with zero attached hydrogens (tertiary/aromatic N) is 2. The average molecular weight is 283 g/mol. The zero-order chi connectivity index (χ0) is 14.8. The Hall–Kier alpha value is -1.73. The quantitative estimate of drug-likeness (QED) is 0.535. The first-order valence-electron chi connectivity index (χ1n) is 6.50. The lowest BCUT2D eigenvalue weighted by Crippen LogP contribution is -2.15. The van der Waals surface area contributed by atoms with Gasteiger partial charge in [0.25, 0.3) is 0 Å². The molecule has 0 aromatic carbocycles. The van der Waals surface area contributed by atoms with Crippen molar-refractivity contribution in [2.75, 3.05) is 45.4 Å². The fourth-order valence-electron chi connectivity index (χ4n) is 1.44. The maximum absolute atomic E-state index is 11.6. The Morgan fingerprint density at radius 2 is 2.15 bits per heavy atom. The van der Waals surface area contributed by atoms with Crippen molar-refractivity contribution in [2.45, 2.75) is 13.8 Å². The molecule has 0 spiro atoms. The Bertz CT molecular complexity index is 426. The molecule has 0 atom stereocenters. The van der Waals surface area contributed by atoms with Crippen molar-refractivity contribution < 1.29 is 19.0 Å². The lowest BCUT2D eigenvalue weighted by Gasteiger charge is -2.08. The molecular weight excluding hydrogens is 262 g/mol. The second-order valence-electron chi connectivity index (χ2n) is 3.95. The molecule has 1 heterocycles. The van der Waals surface area contributed by atoms with Crippen LogP contribution in [0.1, 0.15) is 23.0 Å². The minimum atomic E-state index is -0.403. The molecule has 0 bridgehead atoms. The van der Waals surface area contributed by atoms with Crippen LogP contribution in [0.4, 0.5) is 5.95 Å². The summed E-state index contributed by atoms with van der Waals surface area (Å²) in [6, 6.07) is 0. The van der Waals surface area contributed by atoms with Gasteiger partial charge in [0.15, 0.2) is 0 Å². The van der Waals surface area contributed by atoms with Crippen LogP contribution < -0.4 is 5.32 Å². The van der Waals surface area contributed by atoms with Crippen LogP contribution in [-0.4, -0.2) is 56.0 Å². The number of ether oxygens (including phenoxy) is 3. The monoisotopic (exact) mass is 283 g/mol. The van der Waals surface area contributed by atoms with Crippen LogP contribution in [0.25, 0.3) is 0 Å². The van der Waals surface area contributed by atoms with Gasteiger partial charge in [-0.2, -0.15) is 0 Å². The molecule has 7 nitrogen and oxygen atoms in total. The third-order valence-corrected chi connectivity index (χ3v) is 2.44. The smallest absolute Gasteiger partial charge is 0.341 e. The average Bonchev–Trinajstić information content (AvgIpc) is 2.43. The van der Waals surface area contributed by atoms with Crippen LogP contribution in [0, 0.1) is 6.92 Å². The largest absolute Gasteiger partial charge is 0.462 e. The Morgan fingerprint density at radius 3 is 2.80 bits per heavy atom. The van der Waals surface area contributed by atoms with Crippen molar-refractivity contribution in [2.24, 2.45) is 0 Å². The summed E-state index contributed by atoms with van der Waals surface area (Å²) in [6.07, 6.45) is 1.47. The summed E-state index contributed by atoms with van der Waals surface area (Å²) in [7, 11) is 1.63. The van der Waals surface area contributed by atoms with Crippen molar-refractivity contribution in [3.8, 4) is 0 Å². The molecule has 1 aromatic rings. The van der Waals surface area contributed by atoms with E-state index in [2.05, 4.69) is 15.3 Å². The number of carbonyl (C=O) groups is 1. The molecule has 7 heteroatoms. The van der Waals surface area contributed by atoms with E-state index in [1.54, 1.807) is 21.0 Å². The standard InChI is InChI=1S/C13H21N3O4/c1-4-20-12(17)11-9-15-13(16-10(11)2)14-5-6-19-8-7-18-3/h9H,4-8H2,1-3H3,(H,14,15,16). The first kappa shape index (κ1) is 16.3. The highest BCUT2D eigenvalue weighted by atomic mass is 16.5. The van der Waals surface area contributed by atoms with Gasteiger partial charge < -0.3 is 19.5 Å². The van der Waals surface area contributed by atoms with Crippen molar-refractivity contribution in [1.82, 2.24) is 9.97 Å². The molecular formula is C13H21N3O4. The Labute approximate surface area is 118 Å². The SMILES string of the molecule is CCOC(=O)c1cnc(NCCOCCOC)nc1C.